The molecule has 0 saturated heterocycles. The smallest absolute Gasteiger partial charge is 0.0334 e. The zero-order valence-corrected chi connectivity index (χ0v) is 9.30. The van der Waals surface area contributed by atoms with Crippen LogP contribution >= 0.6 is 0 Å². The Labute approximate surface area is 77.7 Å². The largest absolute Gasteiger partial charge is 0.0651 e. The van der Waals surface area contributed by atoms with Crippen LogP contribution in [0.15, 0.2) is 0 Å². The highest BCUT2D eigenvalue weighted by molar-refractivity contribution is 4.86. The van der Waals surface area contributed by atoms with E-state index in [-0.39, 0.29) is 0 Å². The lowest BCUT2D eigenvalue weighted by Crippen LogP contribution is -2.20. The number of hydrogen-bond donors (Lipinski definition) is 0. The zero-order chi connectivity index (χ0) is 9.30. The average molecular weight is 168 g/mol. The van der Waals surface area contributed by atoms with Gasteiger partial charge in [-0.1, -0.05) is 41.0 Å². The quantitative estimate of drug-likeness (QED) is 0.585. The normalized spacial score (nSPS) is 44.8. The number of hydrogen-bond acceptors (Lipinski definition) is 0. The van der Waals surface area contributed by atoms with Crippen molar-refractivity contribution in [2.45, 2.75) is 47.5 Å². The molecule has 0 radical (unpaired) electrons. The van der Waals surface area contributed by atoms with Crippen LogP contribution < -0.4 is 0 Å². The molecule has 0 aromatic heterocycles. The van der Waals surface area contributed by atoms with Crippen molar-refractivity contribution in [1.29, 1.82) is 0 Å². The SMILES string of the molecule is CCC(C)C1C(C)CC(C)[C@@H]1C. The van der Waals surface area contributed by atoms with Gasteiger partial charge in [-0.05, 0) is 36.0 Å². The summed E-state index contributed by atoms with van der Waals surface area (Å²) in [5, 5.41) is 0. The van der Waals surface area contributed by atoms with E-state index in [4.69, 9.17) is 0 Å². The van der Waals surface area contributed by atoms with Gasteiger partial charge in [0, 0.05) is 0 Å². The van der Waals surface area contributed by atoms with Crippen molar-refractivity contribution in [3.05, 3.63) is 0 Å². The Morgan fingerprint density at radius 3 is 2.08 bits per heavy atom. The molecule has 1 rings (SSSR count). The zero-order valence-electron chi connectivity index (χ0n) is 9.30. The standard InChI is InChI=1S/C12H24/c1-6-8(2)12-10(4)7-9(3)11(12)5/h8-12H,6-7H2,1-5H3/t8?,9?,10?,11-,12?/m0/s1. The Balaban J connectivity index is 2.62. The Bertz CT molecular complexity index is 135. The van der Waals surface area contributed by atoms with E-state index in [1.807, 2.05) is 0 Å². The summed E-state index contributed by atoms with van der Waals surface area (Å²) in [6.07, 6.45) is 2.81. The van der Waals surface area contributed by atoms with Gasteiger partial charge >= 0.3 is 0 Å². The molecule has 1 saturated carbocycles. The van der Waals surface area contributed by atoms with Gasteiger partial charge in [-0.15, -0.1) is 0 Å². The lowest BCUT2D eigenvalue weighted by molar-refractivity contribution is 0.222. The van der Waals surface area contributed by atoms with Crippen LogP contribution in [0.4, 0.5) is 0 Å². The molecule has 0 aliphatic heterocycles. The third kappa shape index (κ3) is 1.67. The van der Waals surface area contributed by atoms with E-state index in [0.717, 1.165) is 29.6 Å². The molecule has 1 aliphatic carbocycles. The van der Waals surface area contributed by atoms with Crippen molar-refractivity contribution < 1.29 is 0 Å². The van der Waals surface area contributed by atoms with E-state index in [0.29, 0.717) is 0 Å². The topological polar surface area (TPSA) is 0 Å². The Morgan fingerprint density at radius 2 is 1.75 bits per heavy atom. The highest BCUT2D eigenvalue weighted by Gasteiger charge is 2.37. The maximum atomic E-state index is 2.45. The fourth-order valence-electron chi connectivity index (χ4n) is 3.21. The molecule has 0 heterocycles. The fourth-order valence-corrected chi connectivity index (χ4v) is 3.21. The van der Waals surface area contributed by atoms with Crippen molar-refractivity contribution in [2.75, 3.05) is 0 Å². The van der Waals surface area contributed by atoms with Crippen molar-refractivity contribution in [1.82, 2.24) is 0 Å². The Hall–Kier alpha value is 0. The minimum Gasteiger partial charge on any atom is -0.0651 e. The van der Waals surface area contributed by atoms with Crippen LogP contribution in [0.2, 0.25) is 0 Å². The third-order valence-corrected chi connectivity index (χ3v) is 4.21. The molecular formula is C12H24. The first kappa shape index (κ1) is 10.1. The molecule has 0 heteroatoms. The summed E-state index contributed by atoms with van der Waals surface area (Å²) in [6.45, 7) is 12.1. The van der Waals surface area contributed by atoms with Crippen molar-refractivity contribution in [3.8, 4) is 0 Å². The molecular weight excluding hydrogens is 144 g/mol. The summed E-state index contributed by atoms with van der Waals surface area (Å²) in [4.78, 5) is 0. The van der Waals surface area contributed by atoms with Crippen molar-refractivity contribution in [3.63, 3.8) is 0 Å². The Morgan fingerprint density at radius 1 is 1.17 bits per heavy atom. The molecule has 72 valence electrons. The molecule has 0 N–H and O–H groups in total. The maximum Gasteiger partial charge on any atom is -0.0334 e. The molecule has 0 aromatic rings. The maximum absolute atomic E-state index is 2.45. The first-order chi connectivity index (χ1) is 5.57. The minimum atomic E-state index is 0.931. The summed E-state index contributed by atoms with van der Waals surface area (Å²) < 4.78 is 0. The molecule has 0 bridgehead atoms. The summed E-state index contributed by atoms with van der Waals surface area (Å²) in [7, 11) is 0. The van der Waals surface area contributed by atoms with E-state index < -0.39 is 0 Å². The van der Waals surface area contributed by atoms with Crippen molar-refractivity contribution >= 4 is 0 Å². The van der Waals surface area contributed by atoms with Gasteiger partial charge in [-0.25, -0.2) is 0 Å². The van der Waals surface area contributed by atoms with E-state index in [1.54, 1.807) is 0 Å². The van der Waals surface area contributed by atoms with Crippen LogP contribution in [-0.4, -0.2) is 0 Å². The van der Waals surface area contributed by atoms with Gasteiger partial charge in [0.15, 0.2) is 0 Å². The van der Waals surface area contributed by atoms with Crippen LogP contribution in [0.3, 0.4) is 0 Å². The first-order valence-corrected chi connectivity index (χ1v) is 5.57. The lowest BCUT2D eigenvalue weighted by Gasteiger charge is -2.27. The second-order valence-corrected chi connectivity index (χ2v) is 5.01. The van der Waals surface area contributed by atoms with Crippen LogP contribution in [0.1, 0.15) is 47.5 Å². The van der Waals surface area contributed by atoms with E-state index in [9.17, 15) is 0 Å². The van der Waals surface area contributed by atoms with E-state index in [1.165, 1.54) is 12.8 Å². The average Bonchev–Trinajstić information content (AvgIpc) is 2.26. The predicted molar refractivity (Wildman–Crippen MR) is 55.1 cm³/mol. The molecule has 4 unspecified atom stereocenters. The molecule has 0 amide bonds. The molecule has 5 atom stereocenters. The van der Waals surface area contributed by atoms with Gasteiger partial charge in [0.1, 0.15) is 0 Å². The first-order valence-electron chi connectivity index (χ1n) is 5.57. The van der Waals surface area contributed by atoms with Crippen molar-refractivity contribution in [2.24, 2.45) is 29.6 Å². The molecule has 0 nitrogen and oxygen atoms in total. The highest BCUT2D eigenvalue weighted by Crippen LogP contribution is 2.45. The molecule has 0 spiro atoms. The summed E-state index contributed by atoms with van der Waals surface area (Å²) >= 11 is 0. The lowest BCUT2D eigenvalue weighted by atomic mass is 9.79. The van der Waals surface area contributed by atoms with Crippen LogP contribution in [0.5, 0.6) is 0 Å². The van der Waals surface area contributed by atoms with Gasteiger partial charge in [-0.3, -0.25) is 0 Å². The second-order valence-electron chi connectivity index (χ2n) is 5.01. The minimum absolute atomic E-state index is 0.931. The van der Waals surface area contributed by atoms with Gasteiger partial charge in [0.05, 0.1) is 0 Å². The van der Waals surface area contributed by atoms with Crippen LogP contribution in [0.25, 0.3) is 0 Å². The van der Waals surface area contributed by atoms with Crippen LogP contribution in [0, 0.1) is 29.6 Å². The van der Waals surface area contributed by atoms with E-state index in [2.05, 4.69) is 34.6 Å². The molecule has 12 heavy (non-hydrogen) atoms. The van der Waals surface area contributed by atoms with Gasteiger partial charge in [0.25, 0.3) is 0 Å². The molecule has 0 aromatic carbocycles. The van der Waals surface area contributed by atoms with E-state index >= 15 is 0 Å². The fraction of sp³-hybridized carbons (Fsp3) is 1.00. The van der Waals surface area contributed by atoms with Gasteiger partial charge in [-0.2, -0.15) is 0 Å². The molecule has 1 fully saturated rings. The predicted octanol–water partition coefficient (Wildman–Crippen LogP) is 3.96. The second kappa shape index (κ2) is 3.81. The van der Waals surface area contributed by atoms with Gasteiger partial charge in [0.2, 0.25) is 0 Å². The third-order valence-electron chi connectivity index (χ3n) is 4.21. The monoisotopic (exact) mass is 168 g/mol. The number of rotatable bonds is 2. The Kier molecular flexibility index (Phi) is 3.20. The van der Waals surface area contributed by atoms with Gasteiger partial charge < -0.3 is 0 Å². The van der Waals surface area contributed by atoms with Crippen LogP contribution in [-0.2, 0) is 0 Å². The summed E-state index contributed by atoms with van der Waals surface area (Å²) in [5.74, 6) is 4.80. The highest BCUT2D eigenvalue weighted by atomic mass is 14.4. The molecule has 1 aliphatic rings. The summed E-state index contributed by atoms with van der Waals surface area (Å²) in [5.41, 5.74) is 0. The summed E-state index contributed by atoms with van der Waals surface area (Å²) in [6, 6.07) is 0.